The summed E-state index contributed by atoms with van der Waals surface area (Å²) in [7, 11) is 1.94. The number of anilines is 2. The van der Waals surface area contributed by atoms with E-state index in [2.05, 4.69) is 44.9 Å². The molecule has 10 heteroatoms. The van der Waals surface area contributed by atoms with Gasteiger partial charge in [-0.25, -0.2) is 4.79 Å². The van der Waals surface area contributed by atoms with Crippen molar-refractivity contribution < 1.29 is 5.11 Å². The largest absolute Gasteiger partial charge is 0.391 e. The molecule has 1 aliphatic rings. The molecule has 1 aromatic carbocycles. The number of aliphatic hydroxyl groups excluding tert-OH is 1. The third-order valence-electron chi connectivity index (χ3n) is 5.88. The number of nitrogens with two attached hydrogens (primary N) is 2. The fourth-order valence-electron chi connectivity index (χ4n) is 4.08. The molecule has 2 atom stereocenters. The van der Waals surface area contributed by atoms with E-state index >= 15 is 0 Å². The molecule has 0 bridgehead atoms. The second kappa shape index (κ2) is 10.3. The number of nitrogen functional groups attached to an aromatic ring is 1. The number of rotatable bonds is 8. The zero-order valence-corrected chi connectivity index (χ0v) is 20.2. The Hall–Kier alpha value is -3.34. The van der Waals surface area contributed by atoms with Crippen molar-refractivity contribution in [3.8, 4) is 10.4 Å². The lowest BCUT2D eigenvalue weighted by atomic mass is 10.1. The molecule has 4 rings (SSSR count). The lowest BCUT2D eigenvalue weighted by Crippen LogP contribution is -2.27. The maximum absolute atomic E-state index is 12.1. The zero-order valence-electron chi connectivity index (χ0n) is 19.3. The van der Waals surface area contributed by atoms with Gasteiger partial charge in [-0.1, -0.05) is 24.3 Å². The SMILES string of the molecule is CNCc1ccccc1-c1ccc([C@@H](C)Nc2nc(=O)[nH]c(N)c2/C=C(\N)N2CCC(O)C2)s1. The Morgan fingerprint density at radius 1 is 1.38 bits per heavy atom. The predicted octanol–water partition coefficient (Wildman–Crippen LogP) is 2.30. The van der Waals surface area contributed by atoms with Gasteiger partial charge in [-0.2, -0.15) is 4.98 Å². The van der Waals surface area contributed by atoms with Gasteiger partial charge in [0.05, 0.1) is 23.5 Å². The summed E-state index contributed by atoms with van der Waals surface area (Å²) >= 11 is 1.69. The second-order valence-corrected chi connectivity index (χ2v) is 9.55. The van der Waals surface area contributed by atoms with E-state index in [4.69, 9.17) is 11.5 Å². The number of hydrogen-bond donors (Lipinski definition) is 6. The summed E-state index contributed by atoms with van der Waals surface area (Å²) in [5.41, 5.74) is 14.8. The summed E-state index contributed by atoms with van der Waals surface area (Å²) in [5.74, 6) is 1.01. The number of aliphatic hydroxyl groups is 1. The van der Waals surface area contributed by atoms with Crippen LogP contribution < -0.4 is 27.8 Å². The minimum absolute atomic E-state index is 0.120. The van der Waals surface area contributed by atoms with Crippen LogP contribution >= 0.6 is 11.3 Å². The van der Waals surface area contributed by atoms with Crippen LogP contribution in [0.25, 0.3) is 16.5 Å². The van der Waals surface area contributed by atoms with Gasteiger partial charge in [0.1, 0.15) is 11.6 Å². The monoisotopic (exact) mass is 481 g/mol. The van der Waals surface area contributed by atoms with Crippen LogP contribution in [0.15, 0.2) is 47.0 Å². The van der Waals surface area contributed by atoms with Crippen molar-refractivity contribution in [1.82, 2.24) is 20.2 Å². The molecule has 8 N–H and O–H groups in total. The highest BCUT2D eigenvalue weighted by Gasteiger charge is 2.22. The maximum atomic E-state index is 12.1. The predicted molar refractivity (Wildman–Crippen MR) is 138 cm³/mol. The fraction of sp³-hybridized carbons (Fsp3) is 0.333. The normalized spacial score (nSPS) is 17.2. The van der Waals surface area contributed by atoms with Gasteiger partial charge in [0.15, 0.2) is 0 Å². The number of H-pyrrole nitrogens is 1. The summed E-state index contributed by atoms with van der Waals surface area (Å²) < 4.78 is 0. The lowest BCUT2D eigenvalue weighted by Gasteiger charge is -2.20. The minimum atomic E-state index is -0.535. The minimum Gasteiger partial charge on any atom is -0.391 e. The molecule has 0 saturated carbocycles. The second-order valence-electron chi connectivity index (χ2n) is 8.43. The first-order valence-corrected chi connectivity index (χ1v) is 12.1. The van der Waals surface area contributed by atoms with E-state index in [1.54, 1.807) is 17.4 Å². The number of thiophene rings is 1. The molecule has 0 aliphatic carbocycles. The van der Waals surface area contributed by atoms with Crippen molar-refractivity contribution in [1.29, 1.82) is 0 Å². The van der Waals surface area contributed by atoms with Crippen LogP contribution in [0.5, 0.6) is 0 Å². The Labute approximate surface area is 202 Å². The Morgan fingerprint density at radius 2 is 2.18 bits per heavy atom. The van der Waals surface area contributed by atoms with Gasteiger partial charge >= 0.3 is 5.69 Å². The molecule has 1 unspecified atom stereocenters. The highest BCUT2D eigenvalue weighted by molar-refractivity contribution is 7.15. The molecular formula is C24H31N7O2S. The van der Waals surface area contributed by atoms with Crippen molar-refractivity contribution in [3.63, 3.8) is 0 Å². The van der Waals surface area contributed by atoms with Gasteiger partial charge in [0, 0.05) is 29.4 Å². The summed E-state index contributed by atoms with van der Waals surface area (Å²) in [5, 5.41) is 16.4. The maximum Gasteiger partial charge on any atom is 0.348 e. The fourth-order valence-corrected chi connectivity index (χ4v) is 5.15. The van der Waals surface area contributed by atoms with Crippen molar-refractivity contribution >= 4 is 29.0 Å². The molecule has 0 spiro atoms. The summed E-state index contributed by atoms with van der Waals surface area (Å²) in [6.45, 7) is 3.93. The molecule has 2 aromatic heterocycles. The molecule has 3 aromatic rings. The highest BCUT2D eigenvalue weighted by Crippen LogP contribution is 2.35. The smallest absolute Gasteiger partial charge is 0.348 e. The van der Waals surface area contributed by atoms with Crippen LogP contribution in [0, 0.1) is 0 Å². The van der Waals surface area contributed by atoms with Crippen molar-refractivity contribution in [2.24, 2.45) is 5.73 Å². The number of likely N-dealkylation sites (tertiary alicyclic amines) is 1. The zero-order chi connectivity index (χ0) is 24.2. The number of nitrogens with zero attached hydrogens (tertiary/aromatic N) is 2. The first-order chi connectivity index (χ1) is 16.4. The molecule has 3 heterocycles. The van der Waals surface area contributed by atoms with Crippen LogP contribution in [0.2, 0.25) is 0 Å². The molecule has 0 radical (unpaired) electrons. The number of aromatic amines is 1. The molecule has 0 amide bonds. The third kappa shape index (κ3) is 5.24. The van der Waals surface area contributed by atoms with E-state index in [9.17, 15) is 9.90 Å². The summed E-state index contributed by atoms with van der Waals surface area (Å²) in [6.07, 6.45) is 1.95. The van der Waals surface area contributed by atoms with Gasteiger partial charge in [-0.15, -0.1) is 11.3 Å². The van der Waals surface area contributed by atoms with Crippen molar-refractivity contribution in [3.05, 3.63) is 68.7 Å². The molecule has 1 aliphatic heterocycles. The van der Waals surface area contributed by atoms with E-state index in [-0.39, 0.29) is 11.9 Å². The van der Waals surface area contributed by atoms with Crippen LogP contribution in [0.4, 0.5) is 11.6 Å². The average molecular weight is 482 g/mol. The first kappa shape index (κ1) is 23.8. The number of aromatic nitrogens is 2. The molecule has 180 valence electrons. The lowest BCUT2D eigenvalue weighted by molar-refractivity contribution is 0.183. The van der Waals surface area contributed by atoms with Gasteiger partial charge < -0.3 is 32.1 Å². The number of nitrogens with one attached hydrogen (secondary N) is 3. The third-order valence-corrected chi connectivity index (χ3v) is 7.18. The molecule has 9 nitrogen and oxygen atoms in total. The topological polar surface area (TPSA) is 145 Å². The van der Waals surface area contributed by atoms with E-state index in [0.717, 1.165) is 11.4 Å². The van der Waals surface area contributed by atoms with Gasteiger partial charge in [0.25, 0.3) is 0 Å². The molecule has 1 fully saturated rings. The van der Waals surface area contributed by atoms with Gasteiger partial charge in [-0.3, -0.25) is 4.98 Å². The van der Waals surface area contributed by atoms with E-state index in [1.165, 1.54) is 16.0 Å². The Kier molecular flexibility index (Phi) is 7.20. The summed E-state index contributed by atoms with van der Waals surface area (Å²) in [4.78, 5) is 22.9. The van der Waals surface area contributed by atoms with Crippen molar-refractivity contribution in [2.45, 2.75) is 32.0 Å². The number of benzene rings is 1. The summed E-state index contributed by atoms with van der Waals surface area (Å²) in [6, 6.07) is 12.4. The van der Waals surface area contributed by atoms with E-state index in [0.29, 0.717) is 36.7 Å². The van der Waals surface area contributed by atoms with E-state index < -0.39 is 11.8 Å². The molecular weight excluding hydrogens is 450 g/mol. The molecule has 1 saturated heterocycles. The van der Waals surface area contributed by atoms with Crippen LogP contribution in [0.1, 0.15) is 35.4 Å². The number of hydrogen-bond acceptors (Lipinski definition) is 9. The molecule has 34 heavy (non-hydrogen) atoms. The Balaban J connectivity index is 1.60. The highest BCUT2D eigenvalue weighted by atomic mass is 32.1. The van der Waals surface area contributed by atoms with Crippen LogP contribution in [-0.2, 0) is 6.54 Å². The van der Waals surface area contributed by atoms with Gasteiger partial charge in [-0.05, 0) is 49.7 Å². The van der Waals surface area contributed by atoms with E-state index in [1.807, 2.05) is 31.0 Å². The van der Waals surface area contributed by atoms with Crippen LogP contribution in [0.3, 0.4) is 0 Å². The first-order valence-electron chi connectivity index (χ1n) is 11.2. The Bertz CT molecular complexity index is 1240. The van der Waals surface area contributed by atoms with Gasteiger partial charge in [0.2, 0.25) is 0 Å². The average Bonchev–Trinajstić information content (AvgIpc) is 3.46. The number of β-amino-alcohol motifs (C(OH)–C–C–N with tert-alkyl or cyclic N) is 1. The van der Waals surface area contributed by atoms with Crippen molar-refractivity contribution in [2.75, 3.05) is 31.2 Å². The quantitative estimate of drug-likeness (QED) is 0.287. The standard InChI is InChI=1S/C24H31N7O2S/c1-14(19-7-8-20(34-19)17-6-4-3-5-15(17)12-27-2)28-23-18(22(26)29-24(33)30-23)11-21(25)31-10-9-16(32)13-31/h3-8,11,14,16,27,32H,9-10,12-13,25H2,1-2H3,(H4,26,28,29,30,33)/b21-11+/t14-,16?/m1/s1. The van der Waals surface area contributed by atoms with Crippen LogP contribution in [-0.4, -0.2) is 46.2 Å². The Morgan fingerprint density at radius 3 is 2.91 bits per heavy atom.